The minimum Gasteiger partial charge on any atom is -0.330 e. The molecule has 0 saturated heterocycles. The fraction of sp³-hybridized carbons (Fsp3) is 0.500. The highest BCUT2D eigenvalue weighted by molar-refractivity contribution is 6.30. The molecule has 100 valence electrons. The lowest BCUT2D eigenvalue weighted by atomic mass is 9.78. The van der Waals surface area contributed by atoms with Gasteiger partial charge in [0.05, 0.1) is 0 Å². The topological polar surface area (TPSA) is 26.0 Å². The van der Waals surface area contributed by atoms with E-state index in [-0.39, 0.29) is 6.54 Å². The number of halogens is 5. The SMILES string of the molecule is NCC1(c2c(F)c(F)c(Cl)c(F)c2F)CCCC1. The van der Waals surface area contributed by atoms with Gasteiger partial charge in [0.1, 0.15) is 5.02 Å². The van der Waals surface area contributed by atoms with Crippen LogP contribution < -0.4 is 5.73 Å². The standard InChI is InChI=1S/C12H12ClF4N/c13-7-10(16)8(14)6(9(15)11(7)17)12(5-18)3-1-2-4-12/h1-5,18H2. The fourth-order valence-electron chi connectivity index (χ4n) is 2.68. The van der Waals surface area contributed by atoms with E-state index in [2.05, 4.69) is 0 Å². The third-order valence-corrected chi connectivity index (χ3v) is 4.02. The predicted molar refractivity (Wildman–Crippen MR) is 60.5 cm³/mol. The van der Waals surface area contributed by atoms with Gasteiger partial charge in [-0.05, 0) is 12.8 Å². The monoisotopic (exact) mass is 281 g/mol. The molecule has 1 saturated carbocycles. The van der Waals surface area contributed by atoms with E-state index in [9.17, 15) is 17.6 Å². The molecule has 0 radical (unpaired) electrons. The smallest absolute Gasteiger partial charge is 0.180 e. The van der Waals surface area contributed by atoms with Gasteiger partial charge in [-0.1, -0.05) is 24.4 Å². The Morgan fingerprint density at radius 1 is 0.944 bits per heavy atom. The molecule has 1 fully saturated rings. The van der Waals surface area contributed by atoms with Gasteiger partial charge in [0, 0.05) is 17.5 Å². The van der Waals surface area contributed by atoms with Crippen molar-refractivity contribution in [3.63, 3.8) is 0 Å². The highest BCUT2D eigenvalue weighted by Crippen LogP contribution is 2.44. The number of rotatable bonds is 2. The first-order valence-electron chi connectivity index (χ1n) is 5.66. The summed E-state index contributed by atoms with van der Waals surface area (Å²) in [5.74, 6) is -5.95. The Hall–Kier alpha value is -0.810. The van der Waals surface area contributed by atoms with Gasteiger partial charge in [0.25, 0.3) is 0 Å². The lowest BCUT2D eigenvalue weighted by Crippen LogP contribution is -2.35. The van der Waals surface area contributed by atoms with Crippen molar-refractivity contribution in [3.8, 4) is 0 Å². The first kappa shape index (κ1) is 13.6. The Morgan fingerprint density at radius 2 is 1.39 bits per heavy atom. The maximum Gasteiger partial charge on any atom is 0.180 e. The Bertz CT molecular complexity index is 454. The average Bonchev–Trinajstić information content (AvgIpc) is 2.84. The van der Waals surface area contributed by atoms with Crippen LogP contribution in [-0.2, 0) is 5.41 Å². The second kappa shape index (κ2) is 4.70. The van der Waals surface area contributed by atoms with Crippen molar-refractivity contribution in [1.82, 2.24) is 0 Å². The largest absolute Gasteiger partial charge is 0.330 e. The Kier molecular flexibility index (Phi) is 3.56. The van der Waals surface area contributed by atoms with Crippen molar-refractivity contribution in [2.24, 2.45) is 5.73 Å². The molecule has 2 rings (SSSR count). The summed E-state index contributed by atoms with van der Waals surface area (Å²) in [6.07, 6.45) is 2.28. The average molecular weight is 282 g/mol. The molecule has 0 amide bonds. The van der Waals surface area contributed by atoms with Crippen LogP contribution in [-0.4, -0.2) is 6.54 Å². The molecule has 1 aromatic carbocycles. The van der Waals surface area contributed by atoms with E-state index < -0.39 is 39.3 Å². The zero-order valence-corrected chi connectivity index (χ0v) is 10.3. The van der Waals surface area contributed by atoms with Gasteiger partial charge in [-0.3, -0.25) is 0 Å². The van der Waals surface area contributed by atoms with E-state index in [0.717, 1.165) is 12.8 Å². The van der Waals surface area contributed by atoms with E-state index in [1.807, 2.05) is 0 Å². The zero-order valence-electron chi connectivity index (χ0n) is 9.50. The lowest BCUT2D eigenvalue weighted by molar-refractivity contribution is 0.365. The van der Waals surface area contributed by atoms with Gasteiger partial charge in [0.15, 0.2) is 23.3 Å². The Balaban J connectivity index is 2.71. The summed E-state index contributed by atoms with van der Waals surface area (Å²) >= 11 is 5.19. The molecule has 18 heavy (non-hydrogen) atoms. The summed E-state index contributed by atoms with van der Waals surface area (Å²) < 4.78 is 54.6. The summed E-state index contributed by atoms with van der Waals surface area (Å²) in [5, 5.41) is -1.15. The van der Waals surface area contributed by atoms with Crippen molar-refractivity contribution >= 4 is 11.6 Å². The molecule has 6 heteroatoms. The highest BCUT2D eigenvalue weighted by atomic mass is 35.5. The lowest BCUT2D eigenvalue weighted by Gasteiger charge is -2.29. The summed E-state index contributed by atoms with van der Waals surface area (Å²) in [5.41, 5.74) is 3.94. The van der Waals surface area contributed by atoms with E-state index >= 15 is 0 Å². The molecular formula is C12H12ClF4N. The first-order chi connectivity index (χ1) is 8.44. The maximum atomic E-state index is 13.9. The number of hydrogen-bond donors (Lipinski definition) is 1. The van der Waals surface area contributed by atoms with E-state index in [4.69, 9.17) is 17.3 Å². The number of nitrogens with two attached hydrogens (primary N) is 1. The van der Waals surface area contributed by atoms with Crippen LogP contribution in [0.25, 0.3) is 0 Å². The molecule has 0 heterocycles. The van der Waals surface area contributed by atoms with Crippen molar-refractivity contribution in [2.45, 2.75) is 31.1 Å². The van der Waals surface area contributed by atoms with E-state index in [1.54, 1.807) is 0 Å². The molecular weight excluding hydrogens is 270 g/mol. The van der Waals surface area contributed by atoms with Crippen LogP contribution in [0, 0.1) is 23.3 Å². The zero-order chi connectivity index (χ0) is 13.5. The second-order valence-electron chi connectivity index (χ2n) is 4.64. The molecule has 1 aromatic rings. The predicted octanol–water partition coefficient (Wildman–Crippen LogP) is 3.67. The van der Waals surface area contributed by atoms with Gasteiger partial charge in [-0.15, -0.1) is 0 Å². The third kappa shape index (κ3) is 1.80. The fourth-order valence-corrected chi connectivity index (χ4v) is 2.84. The molecule has 0 bridgehead atoms. The molecule has 0 spiro atoms. The molecule has 0 atom stereocenters. The van der Waals surface area contributed by atoms with Gasteiger partial charge in [-0.25, -0.2) is 17.6 Å². The van der Waals surface area contributed by atoms with Crippen molar-refractivity contribution in [2.75, 3.05) is 6.54 Å². The van der Waals surface area contributed by atoms with Crippen LogP contribution in [0.4, 0.5) is 17.6 Å². The van der Waals surface area contributed by atoms with Crippen LogP contribution >= 0.6 is 11.6 Å². The summed E-state index contributed by atoms with van der Waals surface area (Å²) in [6, 6.07) is 0. The summed E-state index contributed by atoms with van der Waals surface area (Å²) in [6.45, 7) is -0.0542. The first-order valence-corrected chi connectivity index (χ1v) is 6.04. The Morgan fingerprint density at radius 3 is 1.78 bits per heavy atom. The Labute approximate surface area is 107 Å². The van der Waals surface area contributed by atoms with Crippen LogP contribution in [0.15, 0.2) is 0 Å². The molecule has 1 aliphatic carbocycles. The summed E-state index contributed by atoms with van der Waals surface area (Å²) in [4.78, 5) is 0. The van der Waals surface area contributed by atoms with Crippen molar-refractivity contribution < 1.29 is 17.6 Å². The van der Waals surface area contributed by atoms with Gasteiger partial charge in [0.2, 0.25) is 0 Å². The second-order valence-corrected chi connectivity index (χ2v) is 5.01. The van der Waals surface area contributed by atoms with Crippen molar-refractivity contribution in [1.29, 1.82) is 0 Å². The minimum absolute atomic E-state index is 0.0542. The maximum absolute atomic E-state index is 13.9. The molecule has 1 aliphatic rings. The number of hydrogen-bond acceptors (Lipinski definition) is 1. The quantitative estimate of drug-likeness (QED) is 0.500. The normalized spacial score (nSPS) is 18.3. The van der Waals surface area contributed by atoms with Crippen LogP contribution in [0.5, 0.6) is 0 Å². The van der Waals surface area contributed by atoms with E-state index in [0.29, 0.717) is 12.8 Å². The molecule has 0 unspecified atom stereocenters. The summed E-state index contributed by atoms with van der Waals surface area (Å²) in [7, 11) is 0. The van der Waals surface area contributed by atoms with Gasteiger partial charge >= 0.3 is 0 Å². The molecule has 0 aliphatic heterocycles. The third-order valence-electron chi connectivity index (χ3n) is 3.69. The van der Waals surface area contributed by atoms with Crippen LogP contribution in [0.1, 0.15) is 31.2 Å². The molecule has 1 nitrogen and oxygen atoms in total. The molecule has 2 N–H and O–H groups in total. The van der Waals surface area contributed by atoms with Gasteiger partial charge in [-0.2, -0.15) is 0 Å². The van der Waals surface area contributed by atoms with Crippen molar-refractivity contribution in [3.05, 3.63) is 33.9 Å². The molecule has 0 aromatic heterocycles. The van der Waals surface area contributed by atoms with E-state index in [1.165, 1.54) is 0 Å². The van der Waals surface area contributed by atoms with Gasteiger partial charge < -0.3 is 5.73 Å². The highest BCUT2D eigenvalue weighted by Gasteiger charge is 2.41. The number of benzene rings is 1. The van der Waals surface area contributed by atoms with Crippen LogP contribution in [0.2, 0.25) is 5.02 Å². The minimum atomic E-state index is -1.55. The van der Waals surface area contributed by atoms with Crippen LogP contribution in [0.3, 0.4) is 0 Å².